The van der Waals surface area contributed by atoms with Crippen LogP contribution in [-0.4, -0.2) is 7.11 Å². The molecule has 1 rings (SSSR count). The van der Waals surface area contributed by atoms with E-state index in [1.165, 1.54) is 0 Å². The summed E-state index contributed by atoms with van der Waals surface area (Å²) >= 11 is 2.18. The van der Waals surface area contributed by atoms with Crippen molar-refractivity contribution in [2.24, 2.45) is 5.73 Å². The van der Waals surface area contributed by atoms with Gasteiger partial charge < -0.3 is 10.5 Å². The molecule has 0 bridgehead atoms. The maximum atomic E-state index is 8.51. The number of methoxy groups -OCH3 is 1. The zero-order valence-corrected chi connectivity index (χ0v) is 9.98. The molecule has 0 heterocycles. The smallest absolute Gasteiger partial charge is 0.132 e. The fourth-order valence-corrected chi connectivity index (χ4v) is 1.89. The number of halogens is 1. The van der Waals surface area contributed by atoms with Gasteiger partial charge in [-0.15, -0.1) is 0 Å². The Balaban J connectivity index is 2.92. The molecule has 4 heteroatoms. The van der Waals surface area contributed by atoms with Crippen molar-refractivity contribution in [1.82, 2.24) is 0 Å². The predicted octanol–water partition coefficient (Wildman–Crippen LogP) is 2.21. The highest BCUT2D eigenvalue weighted by molar-refractivity contribution is 14.1. The van der Waals surface area contributed by atoms with Crippen molar-refractivity contribution in [2.45, 2.75) is 12.5 Å². The van der Waals surface area contributed by atoms with Crippen LogP contribution in [0, 0.1) is 14.9 Å². The molecule has 1 aromatic rings. The van der Waals surface area contributed by atoms with Gasteiger partial charge >= 0.3 is 0 Å². The summed E-state index contributed by atoms with van der Waals surface area (Å²) < 4.78 is 6.14. The Morgan fingerprint density at radius 3 is 2.86 bits per heavy atom. The van der Waals surface area contributed by atoms with Crippen LogP contribution in [0.1, 0.15) is 18.0 Å². The maximum absolute atomic E-state index is 8.51. The first kappa shape index (κ1) is 11.3. The van der Waals surface area contributed by atoms with Crippen LogP contribution in [0.5, 0.6) is 5.75 Å². The maximum Gasteiger partial charge on any atom is 0.132 e. The topological polar surface area (TPSA) is 59.0 Å². The van der Waals surface area contributed by atoms with E-state index in [-0.39, 0.29) is 6.04 Å². The van der Waals surface area contributed by atoms with Gasteiger partial charge in [0, 0.05) is 6.04 Å². The van der Waals surface area contributed by atoms with E-state index in [0.29, 0.717) is 6.42 Å². The molecule has 0 aliphatic heterocycles. The van der Waals surface area contributed by atoms with Gasteiger partial charge in [0.1, 0.15) is 5.75 Å². The van der Waals surface area contributed by atoms with E-state index in [9.17, 15) is 0 Å². The third-order valence-corrected chi connectivity index (χ3v) is 2.76. The Morgan fingerprint density at radius 1 is 1.64 bits per heavy atom. The number of rotatable bonds is 3. The fourth-order valence-electron chi connectivity index (χ4n) is 1.13. The lowest BCUT2D eigenvalue weighted by Crippen LogP contribution is -2.09. The fraction of sp³-hybridized carbons (Fsp3) is 0.300. The van der Waals surface area contributed by atoms with Gasteiger partial charge in [0.05, 0.1) is 23.2 Å². The highest BCUT2D eigenvalue weighted by Crippen LogP contribution is 2.24. The Labute approximate surface area is 97.0 Å². The second kappa shape index (κ2) is 5.17. The standard InChI is InChI=1S/C10H11IN2O/c1-14-10-3-2-7(6-8(10)11)9(13)4-5-12/h2-3,6,9H,4,13H2,1H3/t9-/m1/s1. The van der Waals surface area contributed by atoms with E-state index in [1.54, 1.807) is 7.11 Å². The lowest BCUT2D eigenvalue weighted by Gasteiger charge is -2.10. The third kappa shape index (κ3) is 2.59. The van der Waals surface area contributed by atoms with Crippen molar-refractivity contribution in [2.75, 3.05) is 7.11 Å². The first-order valence-corrected chi connectivity index (χ1v) is 5.23. The normalized spacial score (nSPS) is 11.9. The molecular weight excluding hydrogens is 291 g/mol. The molecule has 0 spiro atoms. The zero-order chi connectivity index (χ0) is 10.6. The van der Waals surface area contributed by atoms with Gasteiger partial charge in [-0.1, -0.05) is 6.07 Å². The molecule has 0 radical (unpaired) electrons. The number of nitrogens with two attached hydrogens (primary N) is 1. The lowest BCUT2D eigenvalue weighted by atomic mass is 10.1. The molecule has 2 N–H and O–H groups in total. The number of benzene rings is 1. The highest BCUT2D eigenvalue weighted by Gasteiger charge is 2.07. The summed E-state index contributed by atoms with van der Waals surface area (Å²) in [5, 5.41) is 8.51. The Hall–Kier alpha value is -0.800. The number of nitriles is 1. The monoisotopic (exact) mass is 302 g/mol. The SMILES string of the molecule is COc1ccc([C@H](N)CC#N)cc1I. The van der Waals surface area contributed by atoms with Crippen LogP contribution in [0.4, 0.5) is 0 Å². The third-order valence-electron chi connectivity index (χ3n) is 1.92. The van der Waals surface area contributed by atoms with Crippen molar-refractivity contribution in [3.63, 3.8) is 0 Å². The van der Waals surface area contributed by atoms with Crippen molar-refractivity contribution in [3.05, 3.63) is 27.3 Å². The van der Waals surface area contributed by atoms with Crippen molar-refractivity contribution >= 4 is 22.6 Å². The van der Waals surface area contributed by atoms with Crippen molar-refractivity contribution in [3.8, 4) is 11.8 Å². The van der Waals surface area contributed by atoms with E-state index in [4.69, 9.17) is 15.7 Å². The summed E-state index contributed by atoms with van der Waals surface area (Å²) in [5.74, 6) is 0.832. The summed E-state index contributed by atoms with van der Waals surface area (Å²) in [5.41, 5.74) is 6.77. The van der Waals surface area contributed by atoms with Crippen LogP contribution in [0.2, 0.25) is 0 Å². The van der Waals surface area contributed by atoms with Gasteiger partial charge in [-0.3, -0.25) is 0 Å². The molecular formula is C10H11IN2O. The van der Waals surface area contributed by atoms with Crippen LogP contribution in [0.3, 0.4) is 0 Å². The number of hydrogen-bond donors (Lipinski definition) is 1. The van der Waals surface area contributed by atoms with E-state index >= 15 is 0 Å². The zero-order valence-electron chi connectivity index (χ0n) is 7.83. The van der Waals surface area contributed by atoms with E-state index in [0.717, 1.165) is 14.9 Å². The van der Waals surface area contributed by atoms with Crippen molar-refractivity contribution in [1.29, 1.82) is 5.26 Å². The molecule has 14 heavy (non-hydrogen) atoms. The molecule has 0 aromatic heterocycles. The molecule has 0 saturated heterocycles. The average Bonchev–Trinajstić information content (AvgIpc) is 2.18. The molecule has 1 atom stereocenters. The van der Waals surface area contributed by atoms with Gasteiger partial charge in [-0.05, 0) is 40.3 Å². The number of nitrogens with zero attached hydrogens (tertiary/aromatic N) is 1. The largest absolute Gasteiger partial charge is 0.496 e. The minimum absolute atomic E-state index is 0.209. The lowest BCUT2D eigenvalue weighted by molar-refractivity contribution is 0.411. The van der Waals surface area contributed by atoms with Crippen LogP contribution >= 0.6 is 22.6 Å². The Kier molecular flexibility index (Phi) is 4.17. The van der Waals surface area contributed by atoms with E-state index in [1.807, 2.05) is 18.2 Å². The molecule has 0 fully saturated rings. The first-order valence-electron chi connectivity index (χ1n) is 4.15. The van der Waals surface area contributed by atoms with E-state index < -0.39 is 0 Å². The highest BCUT2D eigenvalue weighted by atomic mass is 127. The summed E-state index contributed by atoms with van der Waals surface area (Å²) in [7, 11) is 1.63. The Morgan fingerprint density at radius 2 is 2.36 bits per heavy atom. The summed E-state index contributed by atoms with van der Waals surface area (Å²) in [6.45, 7) is 0. The van der Waals surface area contributed by atoms with Crippen molar-refractivity contribution < 1.29 is 4.74 Å². The molecule has 0 saturated carbocycles. The molecule has 1 aromatic carbocycles. The molecule has 0 aliphatic carbocycles. The summed E-state index contributed by atoms with van der Waals surface area (Å²) in [6, 6.07) is 7.55. The molecule has 74 valence electrons. The summed E-state index contributed by atoms with van der Waals surface area (Å²) in [4.78, 5) is 0. The van der Waals surface area contributed by atoms with Crippen LogP contribution in [0.15, 0.2) is 18.2 Å². The molecule has 0 amide bonds. The summed E-state index contributed by atoms with van der Waals surface area (Å²) in [6.07, 6.45) is 0.336. The van der Waals surface area contributed by atoms with Crippen LogP contribution in [0.25, 0.3) is 0 Å². The minimum atomic E-state index is -0.209. The minimum Gasteiger partial charge on any atom is -0.496 e. The second-order valence-corrected chi connectivity index (χ2v) is 4.02. The van der Waals surface area contributed by atoms with Gasteiger partial charge in [-0.25, -0.2) is 0 Å². The average molecular weight is 302 g/mol. The number of hydrogen-bond acceptors (Lipinski definition) is 3. The number of ether oxygens (including phenoxy) is 1. The Bertz CT molecular complexity index is 360. The van der Waals surface area contributed by atoms with Crippen LogP contribution in [-0.2, 0) is 0 Å². The van der Waals surface area contributed by atoms with E-state index in [2.05, 4.69) is 28.7 Å². The van der Waals surface area contributed by atoms with Gasteiger partial charge in [0.2, 0.25) is 0 Å². The first-order chi connectivity index (χ1) is 6.69. The van der Waals surface area contributed by atoms with Gasteiger partial charge in [0.25, 0.3) is 0 Å². The molecule has 3 nitrogen and oxygen atoms in total. The quantitative estimate of drug-likeness (QED) is 0.871. The predicted molar refractivity (Wildman–Crippen MR) is 62.9 cm³/mol. The van der Waals surface area contributed by atoms with Crippen LogP contribution < -0.4 is 10.5 Å². The molecule has 0 unspecified atom stereocenters. The van der Waals surface area contributed by atoms with Gasteiger partial charge in [0.15, 0.2) is 0 Å². The molecule has 0 aliphatic rings. The second-order valence-electron chi connectivity index (χ2n) is 2.86. The van der Waals surface area contributed by atoms with Gasteiger partial charge in [-0.2, -0.15) is 5.26 Å².